The molecule has 0 saturated heterocycles. The van der Waals surface area contributed by atoms with Crippen LogP contribution >= 0.6 is 0 Å². The number of aryl methyl sites for hydroxylation is 2. The summed E-state index contributed by atoms with van der Waals surface area (Å²) in [5, 5.41) is 15.4. The SMILES string of the molecule is Cc1cc(OC(=O)CCc2c(C)nn(CC(C)C)c2C)ccc1[N+](=O)[O-]. The summed E-state index contributed by atoms with van der Waals surface area (Å²) in [4.78, 5) is 22.5. The Kier molecular flexibility index (Phi) is 6.13. The quantitative estimate of drug-likeness (QED) is 0.324. The van der Waals surface area contributed by atoms with Crippen molar-refractivity contribution in [2.45, 2.75) is 54.0 Å². The van der Waals surface area contributed by atoms with Gasteiger partial charge in [-0.1, -0.05) is 13.8 Å². The Morgan fingerprint density at radius 2 is 2.00 bits per heavy atom. The minimum Gasteiger partial charge on any atom is -0.427 e. The van der Waals surface area contributed by atoms with Gasteiger partial charge in [-0.25, -0.2) is 0 Å². The molecule has 0 atom stereocenters. The molecule has 1 aromatic carbocycles. The summed E-state index contributed by atoms with van der Waals surface area (Å²) >= 11 is 0. The lowest BCUT2D eigenvalue weighted by atomic mass is 10.1. The van der Waals surface area contributed by atoms with Crippen molar-refractivity contribution in [3.05, 3.63) is 50.8 Å². The first-order chi connectivity index (χ1) is 12.2. The van der Waals surface area contributed by atoms with E-state index in [0.29, 0.717) is 23.7 Å². The first-order valence-corrected chi connectivity index (χ1v) is 8.67. The number of aromatic nitrogens is 2. The van der Waals surface area contributed by atoms with Crippen LogP contribution in [0.3, 0.4) is 0 Å². The molecule has 0 aliphatic heterocycles. The zero-order valence-electron chi connectivity index (χ0n) is 15.9. The highest BCUT2D eigenvalue weighted by Gasteiger charge is 2.16. The molecule has 1 aromatic heterocycles. The highest BCUT2D eigenvalue weighted by Crippen LogP contribution is 2.24. The number of hydrogen-bond acceptors (Lipinski definition) is 5. The fourth-order valence-electron chi connectivity index (χ4n) is 2.93. The number of carbonyl (C=O) groups excluding carboxylic acids is 1. The molecule has 140 valence electrons. The second kappa shape index (κ2) is 8.12. The zero-order valence-corrected chi connectivity index (χ0v) is 15.9. The van der Waals surface area contributed by atoms with Crippen LogP contribution in [0.5, 0.6) is 5.75 Å². The molecule has 0 fully saturated rings. The number of nitro benzene ring substituents is 1. The van der Waals surface area contributed by atoms with E-state index in [9.17, 15) is 14.9 Å². The fraction of sp³-hybridized carbons (Fsp3) is 0.474. The van der Waals surface area contributed by atoms with Gasteiger partial charge < -0.3 is 4.74 Å². The molecule has 0 N–H and O–H groups in total. The summed E-state index contributed by atoms with van der Waals surface area (Å²) in [6, 6.07) is 4.30. The number of carbonyl (C=O) groups is 1. The van der Waals surface area contributed by atoms with Crippen LogP contribution in [0.4, 0.5) is 5.69 Å². The Bertz CT molecular complexity index is 824. The molecule has 0 saturated carbocycles. The Hall–Kier alpha value is -2.70. The number of nitro groups is 1. The van der Waals surface area contributed by atoms with Crippen LogP contribution in [0.1, 0.15) is 42.8 Å². The third-order valence-corrected chi connectivity index (χ3v) is 4.25. The van der Waals surface area contributed by atoms with Crippen molar-refractivity contribution in [3.8, 4) is 5.75 Å². The first kappa shape index (κ1) is 19.6. The monoisotopic (exact) mass is 359 g/mol. The molecule has 0 unspecified atom stereocenters. The van der Waals surface area contributed by atoms with Crippen LogP contribution < -0.4 is 4.74 Å². The van der Waals surface area contributed by atoms with E-state index in [0.717, 1.165) is 23.5 Å². The highest BCUT2D eigenvalue weighted by molar-refractivity contribution is 5.73. The summed E-state index contributed by atoms with van der Waals surface area (Å²) in [7, 11) is 0. The summed E-state index contributed by atoms with van der Waals surface area (Å²) in [5.74, 6) is 0.451. The van der Waals surface area contributed by atoms with E-state index in [4.69, 9.17) is 4.74 Å². The Morgan fingerprint density at radius 3 is 2.58 bits per heavy atom. The average Bonchev–Trinajstić information content (AvgIpc) is 2.78. The lowest BCUT2D eigenvalue weighted by Gasteiger charge is -2.08. The van der Waals surface area contributed by atoms with E-state index in [-0.39, 0.29) is 18.1 Å². The van der Waals surface area contributed by atoms with Gasteiger partial charge in [0.15, 0.2) is 0 Å². The molecule has 26 heavy (non-hydrogen) atoms. The minimum atomic E-state index is -0.457. The van der Waals surface area contributed by atoms with E-state index >= 15 is 0 Å². The molecular formula is C19H25N3O4. The molecule has 0 radical (unpaired) electrons. The molecule has 0 spiro atoms. The maximum Gasteiger partial charge on any atom is 0.311 e. The van der Waals surface area contributed by atoms with Gasteiger partial charge in [0.05, 0.1) is 17.0 Å². The van der Waals surface area contributed by atoms with Gasteiger partial charge in [0.2, 0.25) is 0 Å². The van der Waals surface area contributed by atoms with E-state index < -0.39 is 4.92 Å². The molecule has 0 amide bonds. The molecular weight excluding hydrogens is 334 g/mol. The third-order valence-electron chi connectivity index (χ3n) is 4.25. The van der Waals surface area contributed by atoms with Crippen LogP contribution in [-0.2, 0) is 17.8 Å². The predicted molar refractivity (Wildman–Crippen MR) is 98.3 cm³/mol. The highest BCUT2D eigenvalue weighted by atomic mass is 16.6. The van der Waals surface area contributed by atoms with Crippen molar-refractivity contribution in [3.63, 3.8) is 0 Å². The molecule has 2 aromatic rings. The first-order valence-electron chi connectivity index (χ1n) is 8.67. The second-order valence-corrected chi connectivity index (χ2v) is 6.90. The van der Waals surface area contributed by atoms with Crippen molar-refractivity contribution < 1.29 is 14.5 Å². The molecule has 0 aliphatic rings. The Morgan fingerprint density at radius 1 is 1.31 bits per heavy atom. The second-order valence-electron chi connectivity index (χ2n) is 6.90. The normalized spacial score (nSPS) is 11.0. The fourth-order valence-corrected chi connectivity index (χ4v) is 2.93. The number of nitrogens with zero attached hydrogens (tertiary/aromatic N) is 3. The average molecular weight is 359 g/mol. The number of rotatable bonds is 7. The van der Waals surface area contributed by atoms with Crippen LogP contribution in [0.2, 0.25) is 0 Å². The van der Waals surface area contributed by atoms with Gasteiger partial charge in [0.1, 0.15) is 5.75 Å². The van der Waals surface area contributed by atoms with E-state index in [1.807, 2.05) is 18.5 Å². The van der Waals surface area contributed by atoms with Crippen molar-refractivity contribution in [1.29, 1.82) is 0 Å². The van der Waals surface area contributed by atoms with Gasteiger partial charge >= 0.3 is 5.97 Å². The molecule has 0 aliphatic carbocycles. The standard InChI is InChI=1S/C19H25N3O4/c1-12(2)11-21-15(5)17(14(4)20-21)7-9-19(23)26-16-6-8-18(22(24)25)13(3)10-16/h6,8,10,12H,7,9,11H2,1-5H3. The molecule has 7 heteroatoms. The number of esters is 1. The van der Waals surface area contributed by atoms with E-state index in [1.54, 1.807) is 6.92 Å². The maximum absolute atomic E-state index is 12.1. The number of benzene rings is 1. The largest absolute Gasteiger partial charge is 0.427 e. The Balaban J connectivity index is 2.00. The van der Waals surface area contributed by atoms with Crippen molar-refractivity contribution in [2.24, 2.45) is 5.92 Å². The van der Waals surface area contributed by atoms with Gasteiger partial charge in [-0.3, -0.25) is 19.6 Å². The van der Waals surface area contributed by atoms with Gasteiger partial charge in [0.25, 0.3) is 5.69 Å². The van der Waals surface area contributed by atoms with Crippen molar-refractivity contribution in [1.82, 2.24) is 9.78 Å². The van der Waals surface area contributed by atoms with Crippen LogP contribution in [0.15, 0.2) is 18.2 Å². The lowest BCUT2D eigenvalue weighted by Crippen LogP contribution is -2.10. The summed E-state index contributed by atoms with van der Waals surface area (Å²) in [5.41, 5.74) is 3.55. The third kappa shape index (κ3) is 4.68. The summed E-state index contributed by atoms with van der Waals surface area (Å²) < 4.78 is 7.30. The van der Waals surface area contributed by atoms with Crippen molar-refractivity contribution >= 4 is 11.7 Å². The van der Waals surface area contributed by atoms with Crippen LogP contribution in [-0.4, -0.2) is 20.7 Å². The van der Waals surface area contributed by atoms with Crippen LogP contribution in [0.25, 0.3) is 0 Å². The van der Waals surface area contributed by atoms with Gasteiger partial charge in [-0.15, -0.1) is 0 Å². The topological polar surface area (TPSA) is 87.3 Å². The molecule has 0 bridgehead atoms. The molecule has 2 rings (SSSR count). The number of hydrogen-bond donors (Lipinski definition) is 0. The Labute approximate surface area is 153 Å². The van der Waals surface area contributed by atoms with Gasteiger partial charge in [0, 0.05) is 23.9 Å². The summed E-state index contributed by atoms with van der Waals surface area (Å²) in [6.07, 6.45) is 0.783. The maximum atomic E-state index is 12.1. The van der Waals surface area contributed by atoms with E-state index in [1.165, 1.54) is 18.2 Å². The predicted octanol–water partition coefficient (Wildman–Crippen LogP) is 3.91. The molecule has 1 heterocycles. The summed E-state index contributed by atoms with van der Waals surface area (Å²) in [6.45, 7) is 10.7. The van der Waals surface area contributed by atoms with E-state index in [2.05, 4.69) is 18.9 Å². The lowest BCUT2D eigenvalue weighted by molar-refractivity contribution is -0.385. The molecule has 7 nitrogen and oxygen atoms in total. The van der Waals surface area contributed by atoms with Gasteiger partial charge in [-0.05, 0) is 50.8 Å². The zero-order chi connectivity index (χ0) is 19.4. The smallest absolute Gasteiger partial charge is 0.311 e. The van der Waals surface area contributed by atoms with Crippen LogP contribution in [0, 0.1) is 36.8 Å². The number of ether oxygens (including phenoxy) is 1. The van der Waals surface area contributed by atoms with Gasteiger partial charge in [-0.2, -0.15) is 5.10 Å². The minimum absolute atomic E-state index is 0.00798. The van der Waals surface area contributed by atoms with Crippen molar-refractivity contribution in [2.75, 3.05) is 0 Å².